The number of rotatable bonds is 3. The Morgan fingerprint density at radius 3 is 2.54 bits per heavy atom. The van der Waals surface area contributed by atoms with Crippen molar-refractivity contribution in [3.05, 3.63) is 23.8 Å². The minimum Gasteiger partial charge on any atom is -0.489 e. The van der Waals surface area contributed by atoms with Gasteiger partial charge >= 0.3 is 0 Å². The molecule has 0 spiro atoms. The molecule has 13 heavy (non-hydrogen) atoms. The van der Waals surface area contributed by atoms with Gasteiger partial charge in [-0.3, -0.25) is 0 Å². The van der Waals surface area contributed by atoms with Crippen LogP contribution in [0, 0.1) is 6.92 Å². The quantitative estimate of drug-likeness (QED) is 0.770. The second-order valence-electron chi connectivity index (χ2n) is 3.42. The molecule has 1 rings (SSSR count). The predicted octanol–water partition coefficient (Wildman–Crippen LogP) is 2.82. The van der Waals surface area contributed by atoms with Crippen molar-refractivity contribution >= 4 is 5.69 Å². The van der Waals surface area contributed by atoms with Gasteiger partial charge in [-0.2, -0.15) is 0 Å². The average Bonchev–Trinajstić information content (AvgIpc) is 2.07. The highest BCUT2D eigenvalue weighted by Crippen LogP contribution is 2.25. The van der Waals surface area contributed by atoms with E-state index in [0.717, 1.165) is 11.4 Å². The minimum absolute atomic E-state index is 0.217. The van der Waals surface area contributed by atoms with Crippen LogP contribution >= 0.6 is 0 Å². The highest BCUT2D eigenvalue weighted by atomic mass is 16.5. The molecule has 2 nitrogen and oxygen atoms in total. The number of anilines is 1. The van der Waals surface area contributed by atoms with Crippen LogP contribution in [0.15, 0.2) is 18.2 Å². The first kappa shape index (κ1) is 9.90. The van der Waals surface area contributed by atoms with Crippen LogP contribution in [0.2, 0.25) is 0 Å². The Morgan fingerprint density at radius 1 is 1.31 bits per heavy atom. The first-order valence-electron chi connectivity index (χ1n) is 4.58. The zero-order valence-electron chi connectivity index (χ0n) is 8.72. The van der Waals surface area contributed by atoms with Crippen molar-refractivity contribution in [3.8, 4) is 5.75 Å². The molecule has 0 bridgehead atoms. The fourth-order valence-corrected chi connectivity index (χ4v) is 1.20. The van der Waals surface area contributed by atoms with Crippen LogP contribution in [0.3, 0.4) is 0 Å². The number of hydrogen-bond acceptors (Lipinski definition) is 2. The molecule has 0 atom stereocenters. The van der Waals surface area contributed by atoms with Crippen molar-refractivity contribution < 1.29 is 4.74 Å². The molecule has 0 unspecified atom stereocenters. The van der Waals surface area contributed by atoms with E-state index in [1.807, 2.05) is 27.0 Å². The molecular formula is C11H17NO. The molecule has 1 aromatic carbocycles. The summed E-state index contributed by atoms with van der Waals surface area (Å²) in [6.45, 7) is 6.12. The van der Waals surface area contributed by atoms with Gasteiger partial charge in [0.05, 0.1) is 11.8 Å². The fraction of sp³-hybridized carbons (Fsp3) is 0.455. The van der Waals surface area contributed by atoms with Crippen molar-refractivity contribution in [1.29, 1.82) is 0 Å². The number of benzene rings is 1. The lowest BCUT2D eigenvalue weighted by atomic mass is 10.2. The van der Waals surface area contributed by atoms with Gasteiger partial charge < -0.3 is 10.1 Å². The van der Waals surface area contributed by atoms with E-state index in [-0.39, 0.29) is 6.10 Å². The molecule has 0 heterocycles. The van der Waals surface area contributed by atoms with Gasteiger partial charge in [0, 0.05) is 7.05 Å². The Labute approximate surface area is 79.9 Å². The number of hydrogen-bond donors (Lipinski definition) is 1. The predicted molar refractivity (Wildman–Crippen MR) is 56.5 cm³/mol. The van der Waals surface area contributed by atoms with E-state index in [4.69, 9.17) is 4.74 Å². The molecule has 0 saturated heterocycles. The van der Waals surface area contributed by atoms with E-state index in [9.17, 15) is 0 Å². The molecule has 2 heteroatoms. The largest absolute Gasteiger partial charge is 0.489 e. The molecule has 1 N–H and O–H groups in total. The third-order valence-corrected chi connectivity index (χ3v) is 1.77. The molecule has 72 valence electrons. The molecule has 0 aliphatic heterocycles. The maximum atomic E-state index is 5.63. The molecule has 0 aliphatic carbocycles. The summed E-state index contributed by atoms with van der Waals surface area (Å²) in [6.07, 6.45) is 0.217. The average molecular weight is 179 g/mol. The SMILES string of the molecule is CNc1cc(C)ccc1OC(C)C. The van der Waals surface area contributed by atoms with Crippen LogP contribution in [0.25, 0.3) is 0 Å². The van der Waals surface area contributed by atoms with Gasteiger partial charge in [-0.1, -0.05) is 6.07 Å². The second kappa shape index (κ2) is 4.17. The van der Waals surface area contributed by atoms with Gasteiger partial charge in [-0.05, 0) is 38.5 Å². The van der Waals surface area contributed by atoms with E-state index in [0.29, 0.717) is 0 Å². The molecule has 0 aliphatic rings. The second-order valence-corrected chi connectivity index (χ2v) is 3.42. The van der Waals surface area contributed by atoms with Crippen molar-refractivity contribution in [2.45, 2.75) is 26.9 Å². The van der Waals surface area contributed by atoms with E-state index >= 15 is 0 Å². The highest BCUT2D eigenvalue weighted by molar-refractivity contribution is 5.57. The standard InChI is InChI=1S/C11H17NO/c1-8(2)13-11-6-5-9(3)7-10(11)12-4/h5-8,12H,1-4H3. The topological polar surface area (TPSA) is 21.3 Å². The lowest BCUT2D eigenvalue weighted by molar-refractivity contribution is 0.243. The van der Waals surface area contributed by atoms with Gasteiger partial charge in [-0.15, -0.1) is 0 Å². The smallest absolute Gasteiger partial charge is 0.142 e. The van der Waals surface area contributed by atoms with E-state index < -0.39 is 0 Å². The first-order chi connectivity index (χ1) is 6.13. The lowest BCUT2D eigenvalue weighted by Crippen LogP contribution is -2.07. The number of nitrogens with one attached hydrogen (secondary N) is 1. The Kier molecular flexibility index (Phi) is 3.18. The molecule has 1 aromatic rings. The Bertz CT molecular complexity index is 281. The number of ether oxygens (including phenoxy) is 1. The molecule has 0 saturated carbocycles. The third-order valence-electron chi connectivity index (χ3n) is 1.77. The van der Waals surface area contributed by atoms with Crippen LogP contribution in [-0.2, 0) is 0 Å². The molecule has 0 amide bonds. The molecular weight excluding hydrogens is 162 g/mol. The summed E-state index contributed by atoms with van der Waals surface area (Å²) in [5.41, 5.74) is 2.29. The fourth-order valence-electron chi connectivity index (χ4n) is 1.20. The zero-order chi connectivity index (χ0) is 9.84. The number of aryl methyl sites for hydroxylation is 1. The van der Waals surface area contributed by atoms with Crippen molar-refractivity contribution in [2.24, 2.45) is 0 Å². The molecule has 0 radical (unpaired) electrons. The summed E-state index contributed by atoms with van der Waals surface area (Å²) in [5, 5.41) is 3.12. The van der Waals surface area contributed by atoms with E-state index in [2.05, 4.69) is 24.4 Å². The maximum absolute atomic E-state index is 5.63. The van der Waals surface area contributed by atoms with Crippen LogP contribution in [0.4, 0.5) is 5.69 Å². The van der Waals surface area contributed by atoms with Crippen molar-refractivity contribution in [2.75, 3.05) is 12.4 Å². The Balaban J connectivity index is 2.92. The summed E-state index contributed by atoms with van der Waals surface area (Å²) in [4.78, 5) is 0. The van der Waals surface area contributed by atoms with Gasteiger partial charge in [0.25, 0.3) is 0 Å². The summed E-state index contributed by atoms with van der Waals surface area (Å²) in [6, 6.07) is 6.14. The Hall–Kier alpha value is -1.18. The summed E-state index contributed by atoms with van der Waals surface area (Å²) in [7, 11) is 1.90. The van der Waals surface area contributed by atoms with Gasteiger partial charge in [0.2, 0.25) is 0 Å². The van der Waals surface area contributed by atoms with E-state index in [1.54, 1.807) is 0 Å². The van der Waals surface area contributed by atoms with Crippen LogP contribution in [0.1, 0.15) is 19.4 Å². The van der Waals surface area contributed by atoms with Crippen molar-refractivity contribution in [3.63, 3.8) is 0 Å². The third kappa shape index (κ3) is 2.65. The maximum Gasteiger partial charge on any atom is 0.142 e. The molecule has 0 fully saturated rings. The summed E-state index contributed by atoms with van der Waals surface area (Å²) >= 11 is 0. The molecule has 0 aromatic heterocycles. The van der Waals surface area contributed by atoms with E-state index in [1.165, 1.54) is 5.56 Å². The van der Waals surface area contributed by atoms with Crippen LogP contribution in [0.5, 0.6) is 5.75 Å². The van der Waals surface area contributed by atoms with Crippen molar-refractivity contribution in [1.82, 2.24) is 0 Å². The van der Waals surface area contributed by atoms with Gasteiger partial charge in [0.15, 0.2) is 0 Å². The normalized spacial score (nSPS) is 10.2. The monoisotopic (exact) mass is 179 g/mol. The minimum atomic E-state index is 0.217. The van der Waals surface area contributed by atoms with Gasteiger partial charge in [0.1, 0.15) is 5.75 Å². The summed E-state index contributed by atoms with van der Waals surface area (Å²) in [5.74, 6) is 0.920. The summed E-state index contributed by atoms with van der Waals surface area (Å²) < 4.78 is 5.63. The zero-order valence-corrected chi connectivity index (χ0v) is 8.72. The van der Waals surface area contributed by atoms with Crippen LogP contribution in [-0.4, -0.2) is 13.2 Å². The highest BCUT2D eigenvalue weighted by Gasteiger charge is 2.03. The Morgan fingerprint density at radius 2 is 2.00 bits per heavy atom. The lowest BCUT2D eigenvalue weighted by Gasteiger charge is -2.14. The van der Waals surface area contributed by atoms with Gasteiger partial charge in [-0.25, -0.2) is 0 Å². The first-order valence-corrected chi connectivity index (χ1v) is 4.58. The van der Waals surface area contributed by atoms with Crippen LogP contribution < -0.4 is 10.1 Å².